The first-order chi connectivity index (χ1) is 13.5. The Balaban J connectivity index is 1.43. The highest BCUT2D eigenvalue weighted by molar-refractivity contribution is 7.09. The fourth-order valence-electron chi connectivity index (χ4n) is 3.64. The number of aromatic nitrogens is 4. The van der Waals surface area contributed by atoms with Crippen molar-refractivity contribution in [3.8, 4) is 11.3 Å². The average molecular weight is 397 g/mol. The van der Waals surface area contributed by atoms with E-state index in [2.05, 4.69) is 42.8 Å². The molecule has 0 saturated carbocycles. The zero-order valence-corrected chi connectivity index (χ0v) is 17.2. The minimum Gasteiger partial charge on any atom is -0.339 e. The summed E-state index contributed by atoms with van der Waals surface area (Å²) in [5.41, 5.74) is 4.28. The van der Waals surface area contributed by atoms with Gasteiger partial charge in [-0.25, -0.2) is 15.0 Å². The first kappa shape index (κ1) is 18.6. The molecule has 146 valence electrons. The van der Waals surface area contributed by atoms with Gasteiger partial charge in [0, 0.05) is 60.9 Å². The minimum absolute atomic E-state index is 0.149. The topological polar surface area (TPSA) is 67.2 Å². The van der Waals surface area contributed by atoms with Crippen molar-refractivity contribution in [3.63, 3.8) is 0 Å². The molecule has 0 spiro atoms. The minimum atomic E-state index is 0.149. The summed E-state index contributed by atoms with van der Waals surface area (Å²) < 4.78 is 2.10. The highest BCUT2D eigenvalue weighted by atomic mass is 32.1. The van der Waals surface area contributed by atoms with E-state index < -0.39 is 0 Å². The second kappa shape index (κ2) is 7.71. The maximum absolute atomic E-state index is 12.9. The van der Waals surface area contributed by atoms with Crippen molar-refractivity contribution in [2.24, 2.45) is 0 Å². The molecule has 28 heavy (non-hydrogen) atoms. The van der Waals surface area contributed by atoms with Crippen LogP contribution < -0.4 is 4.90 Å². The summed E-state index contributed by atoms with van der Waals surface area (Å²) in [6.45, 7) is 9.37. The van der Waals surface area contributed by atoms with Gasteiger partial charge in [0.05, 0.1) is 10.7 Å². The third kappa shape index (κ3) is 3.64. The maximum Gasteiger partial charge on any atom is 0.242 e. The molecule has 0 N–H and O–H groups in total. The number of hydrogen-bond donors (Lipinski definition) is 0. The zero-order valence-electron chi connectivity index (χ0n) is 16.4. The van der Waals surface area contributed by atoms with Gasteiger partial charge in [-0.15, -0.1) is 11.3 Å². The quantitative estimate of drug-likeness (QED) is 0.678. The molecule has 3 aromatic heterocycles. The van der Waals surface area contributed by atoms with Crippen molar-refractivity contribution in [2.45, 2.75) is 27.3 Å². The Kier molecular flexibility index (Phi) is 5.13. The van der Waals surface area contributed by atoms with Crippen molar-refractivity contribution in [3.05, 3.63) is 46.3 Å². The van der Waals surface area contributed by atoms with Crippen LogP contribution in [0.1, 0.15) is 16.4 Å². The van der Waals surface area contributed by atoms with E-state index in [-0.39, 0.29) is 5.91 Å². The molecule has 0 radical (unpaired) electrons. The number of hydrogen-bond acceptors (Lipinski definition) is 6. The number of carbonyl (C=O) groups excluding carboxylic acids is 1. The molecule has 0 bridgehead atoms. The number of nitrogens with zero attached hydrogens (tertiary/aromatic N) is 6. The van der Waals surface area contributed by atoms with Crippen molar-refractivity contribution in [1.29, 1.82) is 0 Å². The third-order valence-electron chi connectivity index (χ3n) is 5.23. The number of piperazine rings is 1. The van der Waals surface area contributed by atoms with Gasteiger partial charge < -0.3 is 14.4 Å². The Hall–Kier alpha value is -2.74. The predicted octanol–water partition coefficient (Wildman–Crippen LogP) is 2.68. The number of carbonyl (C=O) groups is 1. The Morgan fingerprint density at radius 3 is 2.46 bits per heavy atom. The molecule has 8 heteroatoms. The van der Waals surface area contributed by atoms with Crippen LogP contribution in [0.4, 0.5) is 5.95 Å². The lowest BCUT2D eigenvalue weighted by Gasteiger charge is -2.35. The second-order valence-electron chi connectivity index (χ2n) is 7.04. The molecule has 0 unspecified atom stereocenters. The molecule has 1 aliphatic rings. The van der Waals surface area contributed by atoms with E-state index in [4.69, 9.17) is 0 Å². The lowest BCUT2D eigenvalue weighted by molar-refractivity contribution is -0.132. The van der Waals surface area contributed by atoms with E-state index in [1.165, 1.54) is 0 Å². The second-order valence-corrected chi connectivity index (χ2v) is 8.10. The Bertz CT molecular complexity index is 972. The summed E-state index contributed by atoms with van der Waals surface area (Å²) in [4.78, 5) is 30.2. The van der Waals surface area contributed by atoms with Crippen LogP contribution in [0.2, 0.25) is 0 Å². The molecule has 4 heterocycles. The average Bonchev–Trinajstić information content (AvgIpc) is 3.27. The van der Waals surface area contributed by atoms with Gasteiger partial charge in [-0.1, -0.05) is 0 Å². The number of anilines is 1. The van der Waals surface area contributed by atoms with Gasteiger partial charge in [0.15, 0.2) is 0 Å². The first-order valence-electron chi connectivity index (χ1n) is 9.42. The molecule has 1 saturated heterocycles. The molecule has 1 amide bonds. The Labute approximate surface area is 168 Å². The fourth-order valence-corrected chi connectivity index (χ4v) is 4.25. The molecule has 3 aromatic rings. The van der Waals surface area contributed by atoms with E-state index in [9.17, 15) is 4.79 Å². The summed E-state index contributed by atoms with van der Waals surface area (Å²) in [6, 6.07) is 3.94. The van der Waals surface area contributed by atoms with E-state index in [1.54, 1.807) is 23.7 Å². The highest BCUT2D eigenvalue weighted by Gasteiger charge is 2.24. The largest absolute Gasteiger partial charge is 0.339 e. The fraction of sp³-hybridized carbons (Fsp3) is 0.400. The van der Waals surface area contributed by atoms with Crippen molar-refractivity contribution in [2.75, 3.05) is 31.1 Å². The third-order valence-corrected chi connectivity index (χ3v) is 6.00. The van der Waals surface area contributed by atoms with Crippen LogP contribution in [0, 0.1) is 20.8 Å². The number of thiazole rings is 1. The van der Waals surface area contributed by atoms with Crippen LogP contribution in [0.3, 0.4) is 0 Å². The van der Waals surface area contributed by atoms with Crippen LogP contribution in [-0.4, -0.2) is 56.5 Å². The molecule has 1 fully saturated rings. The van der Waals surface area contributed by atoms with Crippen LogP contribution >= 0.6 is 11.3 Å². The molecule has 0 atom stereocenters. The summed E-state index contributed by atoms with van der Waals surface area (Å²) in [5, 5.41) is 3.13. The smallest absolute Gasteiger partial charge is 0.242 e. The molecule has 0 aliphatic carbocycles. The highest BCUT2D eigenvalue weighted by Crippen LogP contribution is 2.28. The van der Waals surface area contributed by atoms with Crippen molar-refractivity contribution < 1.29 is 4.79 Å². The molecular weight excluding hydrogens is 372 g/mol. The lowest BCUT2D eigenvalue weighted by Crippen LogP contribution is -2.50. The molecule has 7 nitrogen and oxygen atoms in total. The zero-order chi connectivity index (χ0) is 19.7. The SMILES string of the molecule is Cc1nc(-c2cc(C)n(CC(=O)N3CCN(c4ncccn4)CC3)c2C)cs1. The van der Waals surface area contributed by atoms with Gasteiger partial charge in [-0.05, 0) is 32.9 Å². The number of aryl methyl sites for hydroxylation is 2. The van der Waals surface area contributed by atoms with E-state index >= 15 is 0 Å². The Morgan fingerprint density at radius 2 is 1.82 bits per heavy atom. The summed E-state index contributed by atoms with van der Waals surface area (Å²) in [5.74, 6) is 0.881. The molecule has 1 aliphatic heterocycles. The number of rotatable bonds is 4. The van der Waals surface area contributed by atoms with Crippen molar-refractivity contribution in [1.82, 2.24) is 24.4 Å². The van der Waals surface area contributed by atoms with Gasteiger partial charge in [0.1, 0.15) is 6.54 Å². The van der Waals surface area contributed by atoms with Gasteiger partial charge in [-0.3, -0.25) is 4.79 Å². The lowest BCUT2D eigenvalue weighted by atomic mass is 10.2. The van der Waals surface area contributed by atoms with Crippen molar-refractivity contribution >= 4 is 23.2 Å². The van der Waals surface area contributed by atoms with Crippen LogP contribution in [0.25, 0.3) is 11.3 Å². The van der Waals surface area contributed by atoms with E-state index in [0.29, 0.717) is 19.6 Å². The van der Waals surface area contributed by atoms with Gasteiger partial charge in [0.25, 0.3) is 0 Å². The summed E-state index contributed by atoms with van der Waals surface area (Å²) in [7, 11) is 0. The van der Waals surface area contributed by atoms with Gasteiger partial charge >= 0.3 is 0 Å². The normalized spacial score (nSPS) is 14.5. The van der Waals surface area contributed by atoms with Crippen LogP contribution in [-0.2, 0) is 11.3 Å². The summed E-state index contributed by atoms with van der Waals surface area (Å²) >= 11 is 1.65. The predicted molar refractivity (Wildman–Crippen MR) is 111 cm³/mol. The monoisotopic (exact) mass is 396 g/mol. The van der Waals surface area contributed by atoms with Gasteiger partial charge in [-0.2, -0.15) is 0 Å². The van der Waals surface area contributed by atoms with Crippen LogP contribution in [0.5, 0.6) is 0 Å². The first-order valence-corrected chi connectivity index (χ1v) is 10.3. The van der Waals surface area contributed by atoms with E-state index in [0.717, 1.165) is 46.7 Å². The maximum atomic E-state index is 12.9. The van der Waals surface area contributed by atoms with E-state index in [1.807, 2.05) is 24.8 Å². The van der Waals surface area contributed by atoms with Gasteiger partial charge in [0.2, 0.25) is 11.9 Å². The molecule has 4 rings (SSSR count). The Morgan fingerprint density at radius 1 is 1.11 bits per heavy atom. The van der Waals surface area contributed by atoms with Crippen LogP contribution in [0.15, 0.2) is 29.9 Å². The standard InChI is InChI=1S/C20H24N6OS/c1-14-11-17(18-13-28-16(3)23-18)15(2)26(14)12-19(27)24-7-9-25(10-8-24)20-21-5-4-6-22-20/h4-6,11,13H,7-10,12H2,1-3H3. The molecular formula is C20H24N6OS. The molecule has 0 aromatic carbocycles. The summed E-state index contributed by atoms with van der Waals surface area (Å²) in [6.07, 6.45) is 3.50. The number of amides is 1.